The molecule has 0 aromatic rings. The highest BCUT2D eigenvalue weighted by Crippen LogP contribution is 2.33. The molecule has 0 amide bonds. The molecule has 0 spiro atoms. The second kappa shape index (κ2) is 2.26. The van der Waals surface area contributed by atoms with Crippen molar-refractivity contribution in [3.8, 4) is 0 Å². The number of ether oxygens (including phenoxy) is 1. The Kier molecular flexibility index (Phi) is 1.40. The van der Waals surface area contributed by atoms with E-state index in [2.05, 4.69) is 0 Å². The summed E-state index contributed by atoms with van der Waals surface area (Å²) in [7, 11) is 0. The van der Waals surface area contributed by atoms with Gasteiger partial charge in [0, 0.05) is 0 Å². The molecule has 0 atom stereocenters. The van der Waals surface area contributed by atoms with Crippen molar-refractivity contribution in [1.29, 1.82) is 0 Å². The van der Waals surface area contributed by atoms with Gasteiger partial charge in [-0.25, -0.2) is 0 Å². The van der Waals surface area contributed by atoms with Crippen LogP contribution in [-0.2, 0) is 9.53 Å². The van der Waals surface area contributed by atoms with Crippen LogP contribution in [0.5, 0.6) is 0 Å². The Morgan fingerprint density at radius 2 is 2.00 bits per heavy atom. The van der Waals surface area contributed by atoms with Crippen LogP contribution in [0.1, 0.15) is 25.7 Å². The van der Waals surface area contributed by atoms with Crippen LogP contribution in [0.25, 0.3) is 0 Å². The van der Waals surface area contributed by atoms with Gasteiger partial charge in [0.1, 0.15) is 0 Å². The minimum Gasteiger partial charge on any atom is -0.465 e. The van der Waals surface area contributed by atoms with E-state index in [4.69, 9.17) is 4.74 Å². The van der Waals surface area contributed by atoms with Gasteiger partial charge >= 0.3 is 5.97 Å². The summed E-state index contributed by atoms with van der Waals surface area (Å²) in [6, 6.07) is 0. The van der Waals surface area contributed by atoms with Crippen LogP contribution >= 0.6 is 0 Å². The van der Waals surface area contributed by atoms with Gasteiger partial charge in [-0.3, -0.25) is 4.79 Å². The highest BCUT2D eigenvalue weighted by molar-refractivity contribution is 5.74. The van der Waals surface area contributed by atoms with Crippen molar-refractivity contribution in [2.24, 2.45) is 11.8 Å². The van der Waals surface area contributed by atoms with Gasteiger partial charge in [0.15, 0.2) is 0 Å². The molecule has 2 saturated carbocycles. The second-order valence-electron chi connectivity index (χ2n) is 3.35. The van der Waals surface area contributed by atoms with Crippen LogP contribution in [0.15, 0.2) is 0 Å². The molecule has 2 heteroatoms. The Morgan fingerprint density at radius 1 is 1.30 bits per heavy atom. The van der Waals surface area contributed by atoms with E-state index in [0.29, 0.717) is 12.5 Å². The first-order valence-electron chi connectivity index (χ1n) is 4.03. The second-order valence-corrected chi connectivity index (χ2v) is 3.35. The van der Waals surface area contributed by atoms with E-state index < -0.39 is 0 Å². The lowest BCUT2D eigenvalue weighted by molar-refractivity contribution is -0.145. The molecule has 0 N–H and O–H groups in total. The maximum Gasteiger partial charge on any atom is 0.308 e. The molecule has 2 rings (SSSR count). The minimum atomic E-state index is 0.0481. The molecule has 2 nitrogen and oxygen atoms in total. The molecule has 0 bridgehead atoms. The summed E-state index contributed by atoms with van der Waals surface area (Å²) in [6.45, 7) is 0.690. The molecular formula is C8H12O2. The first kappa shape index (κ1) is 6.20. The maximum atomic E-state index is 10.9. The summed E-state index contributed by atoms with van der Waals surface area (Å²) in [5, 5.41) is 0. The van der Waals surface area contributed by atoms with E-state index in [0.717, 1.165) is 12.8 Å². The third-order valence-electron chi connectivity index (χ3n) is 2.07. The first-order chi connectivity index (χ1) is 4.86. The lowest BCUT2D eigenvalue weighted by Gasteiger charge is -1.99. The van der Waals surface area contributed by atoms with Gasteiger partial charge < -0.3 is 4.74 Å². The maximum absolute atomic E-state index is 10.9. The van der Waals surface area contributed by atoms with E-state index in [1.807, 2.05) is 0 Å². The fourth-order valence-electron chi connectivity index (χ4n) is 0.921. The average Bonchev–Trinajstić information content (AvgIpc) is 2.76. The molecule has 0 heterocycles. The summed E-state index contributed by atoms with van der Waals surface area (Å²) >= 11 is 0. The summed E-state index contributed by atoms with van der Waals surface area (Å²) in [5.41, 5.74) is 0. The zero-order chi connectivity index (χ0) is 6.97. The van der Waals surface area contributed by atoms with Crippen LogP contribution in [0.4, 0.5) is 0 Å². The molecule has 0 aliphatic heterocycles. The number of esters is 1. The van der Waals surface area contributed by atoms with Crippen LogP contribution in [0.3, 0.4) is 0 Å². The SMILES string of the molecule is O=C(OCC1CC1)C1CC1. The molecule has 56 valence electrons. The summed E-state index contributed by atoms with van der Waals surface area (Å²) < 4.78 is 5.05. The third-order valence-corrected chi connectivity index (χ3v) is 2.07. The zero-order valence-corrected chi connectivity index (χ0v) is 6.01. The summed E-state index contributed by atoms with van der Waals surface area (Å²) in [6.07, 6.45) is 4.64. The van der Waals surface area contributed by atoms with Crippen molar-refractivity contribution >= 4 is 5.97 Å². The average molecular weight is 140 g/mol. The molecule has 0 aromatic carbocycles. The van der Waals surface area contributed by atoms with Crippen LogP contribution in [0.2, 0.25) is 0 Å². The van der Waals surface area contributed by atoms with Gasteiger partial charge in [-0.05, 0) is 31.6 Å². The highest BCUT2D eigenvalue weighted by atomic mass is 16.5. The van der Waals surface area contributed by atoms with Crippen molar-refractivity contribution in [3.63, 3.8) is 0 Å². The largest absolute Gasteiger partial charge is 0.465 e. The number of hydrogen-bond donors (Lipinski definition) is 0. The fraction of sp³-hybridized carbons (Fsp3) is 0.875. The summed E-state index contributed by atoms with van der Waals surface area (Å²) in [4.78, 5) is 10.9. The van der Waals surface area contributed by atoms with E-state index in [1.54, 1.807) is 0 Å². The molecule has 0 aromatic heterocycles. The normalized spacial score (nSPS) is 24.4. The molecule has 2 aliphatic rings. The Morgan fingerprint density at radius 3 is 2.50 bits per heavy atom. The molecule has 0 radical (unpaired) electrons. The molecule has 0 saturated heterocycles. The standard InChI is InChI=1S/C8H12O2/c9-8(7-3-4-7)10-5-6-1-2-6/h6-7H,1-5H2. The zero-order valence-electron chi connectivity index (χ0n) is 6.01. The molecule has 0 unspecified atom stereocenters. The molecule has 2 fully saturated rings. The number of carbonyl (C=O) groups excluding carboxylic acids is 1. The quantitative estimate of drug-likeness (QED) is 0.553. The van der Waals surface area contributed by atoms with Gasteiger partial charge in [0.05, 0.1) is 12.5 Å². The van der Waals surface area contributed by atoms with E-state index in [1.165, 1.54) is 12.8 Å². The van der Waals surface area contributed by atoms with Gasteiger partial charge in [0.25, 0.3) is 0 Å². The van der Waals surface area contributed by atoms with E-state index in [9.17, 15) is 4.79 Å². The van der Waals surface area contributed by atoms with Crippen molar-refractivity contribution in [1.82, 2.24) is 0 Å². The molecular weight excluding hydrogens is 128 g/mol. The summed E-state index contributed by atoms with van der Waals surface area (Å²) in [5.74, 6) is 1.04. The predicted molar refractivity (Wildman–Crippen MR) is 36.4 cm³/mol. The first-order valence-corrected chi connectivity index (χ1v) is 4.03. The lowest BCUT2D eigenvalue weighted by atomic mass is 10.4. The minimum absolute atomic E-state index is 0.0481. The fourth-order valence-corrected chi connectivity index (χ4v) is 0.921. The molecule has 2 aliphatic carbocycles. The van der Waals surface area contributed by atoms with Crippen molar-refractivity contribution in [2.45, 2.75) is 25.7 Å². The van der Waals surface area contributed by atoms with Crippen molar-refractivity contribution in [3.05, 3.63) is 0 Å². The van der Waals surface area contributed by atoms with E-state index in [-0.39, 0.29) is 11.9 Å². The van der Waals surface area contributed by atoms with Gasteiger partial charge in [0.2, 0.25) is 0 Å². The van der Waals surface area contributed by atoms with Crippen molar-refractivity contribution in [2.75, 3.05) is 6.61 Å². The van der Waals surface area contributed by atoms with Gasteiger partial charge in [-0.2, -0.15) is 0 Å². The highest BCUT2D eigenvalue weighted by Gasteiger charge is 2.32. The Hall–Kier alpha value is -0.530. The number of rotatable bonds is 3. The smallest absolute Gasteiger partial charge is 0.308 e. The van der Waals surface area contributed by atoms with E-state index >= 15 is 0 Å². The topological polar surface area (TPSA) is 26.3 Å². The monoisotopic (exact) mass is 140 g/mol. The van der Waals surface area contributed by atoms with Gasteiger partial charge in [-0.15, -0.1) is 0 Å². The number of hydrogen-bond acceptors (Lipinski definition) is 2. The number of carbonyl (C=O) groups is 1. The third kappa shape index (κ3) is 1.49. The Bertz CT molecular complexity index is 145. The van der Waals surface area contributed by atoms with Crippen molar-refractivity contribution < 1.29 is 9.53 Å². The lowest BCUT2D eigenvalue weighted by Crippen LogP contribution is -2.08. The van der Waals surface area contributed by atoms with Gasteiger partial charge in [-0.1, -0.05) is 0 Å². The van der Waals surface area contributed by atoms with Crippen LogP contribution in [0, 0.1) is 11.8 Å². The Balaban J connectivity index is 1.63. The Labute approximate surface area is 60.6 Å². The molecule has 10 heavy (non-hydrogen) atoms. The van der Waals surface area contributed by atoms with Crippen LogP contribution < -0.4 is 0 Å². The predicted octanol–water partition coefficient (Wildman–Crippen LogP) is 1.35. The van der Waals surface area contributed by atoms with Crippen LogP contribution in [-0.4, -0.2) is 12.6 Å².